The van der Waals surface area contributed by atoms with Gasteiger partial charge in [0, 0.05) is 27.1 Å². The summed E-state index contributed by atoms with van der Waals surface area (Å²) in [6.07, 6.45) is 0.0141. The molecule has 6 heteroatoms. The van der Waals surface area contributed by atoms with Gasteiger partial charge < -0.3 is 16.0 Å². The molecule has 0 saturated heterocycles. The molecular weight excluding hydrogens is 186 g/mol. The molecule has 0 aliphatic rings. The molecule has 0 spiro atoms. The van der Waals surface area contributed by atoms with Crippen LogP contribution in [0.15, 0.2) is 0 Å². The third-order valence-corrected chi connectivity index (χ3v) is 1.55. The number of carbonyl (C=O) groups is 3. The monoisotopic (exact) mass is 201 g/mol. The van der Waals surface area contributed by atoms with Crippen LogP contribution in [0.3, 0.4) is 0 Å². The predicted octanol–water partition coefficient (Wildman–Crippen LogP) is -1.63. The Labute approximate surface area is 82.4 Å². The molecule has 6 nitrogen and oxygen atoms in total. The Balaban J connectivity index is 3.54. The van der Waals surface area contributed by atoms with Crippen LogP contribution >= 0.6 is 0 Å². The first-order valence-electron chi connectivity index (χ1n) is 4.28. The van der Waals surface area contributed by atoms with Crippen LogP contribution in [0.25, 0.3) is 0 Å². The molecule has 0 rings (SSSR count). The second-order valence-corrected chi connectivity index (χ2v) is 2.62. The summed E-state index contributed by atoms with van der Waals surface area (Å²) in [7, 11) is 2.98. The lowest BCUT2D eigenvalue weighted by atomic mass is 10.3. The normalized spacial score (nSPS) is 9.00. The van der Waals surface area contributed by atoms with E-state index in [0.29, 0.717) is 0 Å². The second-order valence-electron chi connectivity index (χ2n) is 2.62. The van der Waals surface area contributed by atoms with Gasteiger partial charge in [0.2, 0.25) is 17.7 Å². The Morgan fingerprint density at radius 2 is 1.50 bits per heavy atom. The lowest BCUT2D eigenvalue weighted by Crippen LogP contribution is -2.32. The number of hydrogen-bond donors (Lipinski definition) is 3. The van der Waals surface area contributed by atoms with Gasteiger partial charge in [-0.05, 0) is 0 Å². The molecule has 0 unspecified atom stereocenters. The smallest absolute Gasteiger partial charge is 0.229 e. The van der Waals surface area contributed by atoms with Crippen LogP contribution in [0.1, 0.15) is 12.8 Å². The maximum absolute atomic E-state index is 11.0. The molecule has 0 aliphatic carbocycles. The van der Waals surface area contributed by atoms with E-state index in [2.05, 4.69) is 16.0 Å². The first-order chi connectivity index (χ1) is 6.60. The first kappa shape index (κ1) is 12.4. The van der Waals surface area contributed by atoms with Gasteiger partial charge in [-0.25, -0.2) is 0 Å². The van der Waals surface area contributed by atoms with Crippen molar-refractivity contribution in [2.75, 3.05) is 20.6 Å². The van der Waals surface area contributed by atoms with Gasteiger partial charge in [0.1, 0.15) is 6.42 Å². The molecule has 14 heavy (non-hydrogen) atoms. The lowest BCUT2D eigenvalue weighted by molar-refractivity contribution is -0.128. The van der Waals surface area contributed by atoms with Crippen LogP contribution in [0.2, 0.25) is 0 Å². The highest BCUT2D eigenvalue weighted by molar-refractivity contribution is 5.96. The number of carbonyl (C=O) groups excluding carboxylic acids is 3. The second kappa shape index (κ2) is 6.88. The molecule has 0 saturated carbocycles. The molecule has 3 amide bonds. The summed E-state index contributed by atoms with van der Waals surface area (Å²) in [6.45, 7) is 0.246. The number of nitrogens with one attached hydrogen (secondary N) is 3. The Bertz CT molecular complexity index is 228. The van der Waals surface area contributed by atoms with Crippen LogP contribution in [0.4, 0.5) is 0 Å². The fourth-order valence-electron chi connectivity index (χ4n) is 0.737. The van der Waals surface area contributed by atoms with E-state index in [4.69, 9.17) is 0 Å². The molecule has 80 valence electrons. The van der Waals surface area contributed by atoms with E-state index >= 15 is 0 Å². The van der Waals surface area contributed by atoms with Crippen molar-refractivity contribution < 1.29 is 14.4 Å². The zero-order valence-corrected chi connectivity index (χ0v) is 8.35. The Hall–Kier alpha value is -1.59. The highest BCUT2D eigenvalue weighted by Gasteiger charge is 2.07. The quantitative estimate of drug-likeness (QED) is 0.467. The van der Waals surface area contributed by atoms with Crippen LogP contribution < -0.4 is 16.0 Å². The zero-order chi connectivity index (χ0) is 11.0. The van der Waals surface area contributed by atoms with Crippen molar-refractivity contribution >= 4 is 17.7 Å². The summed E-state index contributed by atoms with van der Waals surface area (Å²) < 4.78 is 0. The molecule has 0 heterocycles. The lowest BCUT2D eigenvalue weighted by Gasteiger charge is -2.03. The highest BCUT2D eigenvalue weighted by atomic mass is 16.2. The summed E-state index contributed by atoms with van der Waals surface area (Å²) in [5, 5.41) is 7.20. The SMILES string of the molecule is CNC(=O)CCNC(=O)CC(=O)NC. The molecule has 0 fully saturated rings. The largest absolute Gasteiger partial charge is 0.359 e. The van der Waals surface area contributed by atoms with Gasteiger partial charge in [-0.1, -0.05) is 0 Å². The third kappa shape index (κ3) is 5.99. The van der Waals surface area contributed by atoms with E-state index in [1.54, 1.807) is 0 Å². The van der Waals surface area contributed by atoms with E-state index in [0.717, 1.165) is 0 Å². The molecule has 0 atom stereocenters. The van der Waals surface area contributed by atoms with Crippen molar-refractivity contribution in [1.29, 1.82) is 0 Å². The van der Waals surface area contributed by atoms with E-state index in [1.807, 2.05) is 0 Å². The van der Waals surface area contributed by atoms with Crippen LogP contribution in [-0.2, 0) is 14.4 Å². The van der Waals surface area contributed by atoms with Crippen LogP contribution in [-0.4, -0.2) is 38.4 Å². The maximum Gasteiger partial charge on any atom is 0.229 e. The van der Waals surface area contributed by atoms with Crippen molar-refractivity contribution in [1.82, 2.24) is 16.0 Å². The third-order valence-electron chi connectivity index (χ3n) is 1.55. The molecule has 0 aromatic carbocycles. The van der Waals surface area contributed by atoms with Gasteiger partial charge in [-0.2, -0.15) is 0 Å². The number of rotatable bonds is 5. The van der Waals surface area contributed by atoms with Gasteiger partial charge in [-0.3, -0.25) is 14.4 Å². The van der Waals surface area contributed by atoms with Gasteiger partial charge >= 0.3 is 0 Å². The van der Waals surface area contributed by atoms with Crippen molar-refractivity contribution in [3.63, 3.8) is 0 Å². The molecule has 3 N–H and O–H groups in total. The predicted molar refractivity (Wildman–Crippen MR) is 50.4 cm³/mol. The molecule has 0 aromatic rings. The summed E-state index contributed by atoms with van der Waals surface area (Å²) in [5.41, 5.74) is 0. The minimum atomic E-state index is -0.381. The first-order valence-corrected chi connectivity index (χ1v) is 4.28. The van der Waals surface area contributed by atoms with Gasteiger partial charge in [0.15, 0.2) is 0 Å². The van der Waals surface area contributed by atoms with Gasteiger partial charge in [0.25, 0.3) is 0 Å². The van der Waals surface area contributed by atoms with E-state index in [-0.39, 0.29) is 37.1 Å². The molecular formula is C8H15N3O3. The summed E-state index contributed by atoms with van der Waals surface area (Å²) >= 11 is 0. The standard InChI is InChI=1S/C8H15N3O3/c1-9-6(12)3-4-11-8(14)5-7(13)10-2/h3-5H2,1-2H3,(H,9,12)(H,10,13)(H,11,14). The van der Waals surface area contributed by atoms with E-state index < -0.39 is 0 Å². The average Bonchev–Trinajstić information content (AvgIpc) is 2.17. The molecule has 0 bridgehead atoms. The summed E-state index contributed by atoms with van der Waals surface area (Å²) in [5.74, 6) is -0.874. The molecule has 0 aliphatic heterocycles. The molecule has 0 aromatic heterocycles. The Kier molecular flexibility index (Phi) is 6.09. The van der Waals surface area contributed by atoms with Crippen LogP contribution in [0.5, 0.6) is 0 Å². The summed E-state index contributed by atoms with van der Waals surface area (Å²) in [4.78, 5) is 32.4. The highest BCUT2D eigenvalue weighted by Crippen LogP contribution is 1.81. The average molecular weight is 201 g/mol. The van der Waals surface area contributed by atoms with Crippen molar-refractivity contribution in [3.8, 4) is 0 Å². The van der Waals surface area contributed by atoms with Gasteiger partial charge in [-0.15, -0.1) is 0 Å². The minimum absolute atomic E-state index is 0.148. The number of hydrogen-bond acceptors (Lipinski definition) is 3. The summed E-state index contributed by atoms with van der Waals surface area (Å²) in [6, 6.07) is 0. The fraction of sp³-hybridized carbons (Fsp3) is 0.625. The Morgan fingerprint density at radius 1 is 0.929 bits per heavy atom. The Morgan fingerprint density at radius 3 is 2.00 bits per heavy atom. The minimum Gasteiger partial charge on any atom is -0.359 e. The van der Waals surface area contributed by atoms with Crippen molar-refractivity contribution in [2.24, 2.45) is 0 Å². The van der Waals surface area contributed by atoms with E-state index in [1.165, 1.54) is 14.1 Å². The van der Waals surface area contributed by atoms with Gasteiger partial charge in [0.05, 0.1) is 0 Å². The topological polar surface area (TPSA) is 87.3 Å². The van der Waals surface area contributed by atoms with Crippen LogP contribution in [0, 0.1) is 0 Å². The zero-order valence-electron chi connectivity index (χ0n) is 8.35. The van der Waals surface area contributed by atoms with Crippen molar-refractivity contribution in [2.45, 2.75) is 12.8 Å². The van der Waals surface area contributed by atoms with E-state index in [9.17, 15) is 14.4 Å². The fourth-order valence-corrected chi connectivity index (χ4v) is 0.737. The molecule has 0 radical (unpaired) electrons. The van der Waals surface area contributed by atoms with Crippen molar-refractivity contribution in [3.05, 3.63) is 0 Å². The number of amides is 3. The maximum atomic E-state index is 11.0.